The van der Waals surface area contributed by atoms with E-state index in [-0.39, 0.29) is 0 Å². The molecule has 1 unspecified atom stereocenters. The van der Waals surface area contributed by atoms with Gasteiger partial charge in [-0.15, -0.1) is 4.72 Å². The van der Waals surface area contributed by atoms with Crippen molar-refractivity contribution in [3.05, 3.63) is 65.0 Å². The Morgan fingerprint density at radius 1 is 1.08 bits per heavy atom. The smallest absolute Gasteiger partial charge is 0.416 e. The highest BCUT2D eigenvalue weighted by Gasteiger charge is 2.33. The second kappa shape index (κ2) is 7.35. The van der Waals surface area contributed by atoms with Crippen molar-refractivity contribution in [3.8, 4) is 0 Å². The third-order valence-corrected chi connectivity index (χ3v) is 5.24. The third kappa shape index (κ3) is 4.96. The molecule has 1 heterocycles. The van der Waals surface area contributed by atoms with Gasteiger partial charge in [0.15, 0.2) is 0 Å². The Morgan fingerprint density at radius 3 is 2.16 bits per heavy atom. The lowest BCUT2D eigenvalue weighted by Gasteiger charge is -2.28. The number of alkyl halides is 3. The fraction of sp³-hybridized carbons (Fsp3) is 0.389. The van der Waals surface area contributed by atoms with Gasteiger partial charge in [-0.25, -0.2) is 0 Å². The summed E-state index contributed by atoms with van der Waals surface area (Å²) >= 11 is -1.41. The Bertz CT molecular complexity index is 711. The monoisotopic (exact) mass is 370 g/mol. The van der Waals surface area contributed by atoms with Crippen LogP contribution in [-0.2, 0) is 17.5 Å². The zero-order chi connectivity index (χ0) is 18.8. The van der Waals surface area contributed by atoms with Crippen LogP contribution >= 0.6 is 0 Å². The topological polar surface area (TPSA) is 48.0 Å². The maximum atomic E-state index is 12.8. The number of halogens is 3. The van der Waals surface area contributed by atoms with Gasteiger partial charge >= 0.3 is 6.18 Å². The molecule has 136 valence electrons. The maximum Gasteiger partial charge on any atom is 0.416 e. The molecule has 25 heavy (non-hydrogen) atoms. The minimum atomic E-state index is -4.39. The number of aromatic nitrogens is 1. The molecule has 0 aliphatic carbocycles. The first-order valence-electron chi connectivity index (χ1n) is 7.77. The summed E-state index contributed by atoms with van der Waals surface area (Å²) in [6.07, 6.45) is -2.78. The van der Waals surface area contributed by atoms with Gasteiger partial charge in [0, 0.05) is 17.6 Å². The number of nitrogens with zero attached hydrogens (tertiary/aromatic N) is 1. The summed E-state index contributed by atoms with van der Waals surface area (Å²) in [4.78, 5) is 4.34. The lowest BCUT2D eigenvalue weighted by molar-refractivity contribution is -0.137. The van der Waals surface area contributed by atoms with E-state index in [2.05, 4.69) is 9.71 Å². The predicted molar refractivity (Wildman–Crippen MR) is 93.3 cm³/mol. The number of hydrogen-bond acceptors (Lipinski definition) is 3. The summed E-state index contributed by atoms with van der Waals surface area (Å²) in [5.41, 5.74) is 1.36. The molecule has 2 aromatic rings. The van der Waals surface area contributed by atoms with E-state index in [1.165, 1.54) is 12.1 Å². The van der Waals surface area contributed by atoms with Crippen LogP contribution in [0.5, 0.6) is 0 Å². The summed E-state index contributed by atoms with van der Waals surface area (Å²) in [5, 5.41) is 0. The second-order valence-electron chi connectivity index (χ2n) is 6.76. The Hall–Kier alpha value is -1.57. The van der Waals surface area contributed by atoms with Crippen LogP contribution in [0, 0.1) is 6.92 Å². The van der Waals surface area contributed by atoms with Crippen molar-refractivity contribution in [3.63, 3.8) is 0 Å². The van der Waals surface area contributed by atoms with Crippen molar-refractivity contribution < 1.29 is 17.7 Å². The van der Waals surface area contributed by atoms with Crippen LogP contribution in [0.25, 0.3) is 0 Å². The van der Waals surface area contributed by atoms with Crippen LogP contribution in [0.2, 0.25) is 0 Å². The average Bonchev–Trinajstić information content (AvgIpc) is 2.51. The van der Waals surface area contributed by atoms with Crippen LogP contribution in [0.3, 0.4) is 0 Å². The van der Waals surface area contributed by atoms with E-state index in [9.17, 15) is 17.7 Å². The number of rotatable bonds is 4. The summed E-state index contributed by atoms with van der Waals surface area (Å²) in [7, 11) is 0. The Morgan fingerprint density at radius 2 is 1.68 bits per heavy atom. The highest BCUT2D eigenvalue weighted by molar-refractivity contribution is 7.90. The molecule has 0 saturated carbocycles. The minimum Gasteiger partial charge on any atom is -0.598 e. The quantitative estimate of drug-likeness (QED) is 0.803. The zero-order valence-corrected chi connectivity index (χ0v) is 15.3. The molecule has 0 fully saturated rings. The van der Waals surface area contributed by atoms with Crippen LogP contribution in [0.4, 0.5) is 13.2 Å². The van der Waals surface area contributed by atoms with Crippen LogP contribution in [0.1, 0.15) is 49.2 Å². The van der Waals surface area contributed by atoms with Crippen molar-refractivity contribution >= 4 is 11.4 Å². The molecular weight excluding hydrogens is 349 g/mol. The second-order valence-corrected chi connectivity index (χ2v) is 8.76. The van der Waals surface area contributed by atoms with E-state index in [1.807, 2.05) is 33.8 Å². The Labute approximate surface area is 149 Å². The first-order valence-corrected chi connectivity index (χ1v) is 8.92. The molecular formula is C18H21F3N2OS. The van der Waals surface area contributed by atoms with Crippen molar-refractivity contribution in [2.24, 2.45) is 0 Å². The number of nitrogens with one attached hydrogen (secondary N) is 1. The van der Waals surface area contributed by atoms with Gasteiger partial charge in [-0.2, -0.15) is 13.2 Å². The van der Waals surface area contributed by atoms with E-state index >= 15 is 0 Å². The third-order valence-electron chi connectivity index (χ3n) is 3.68. The van der Waals surface area contributed by atoms with Crippen molar-refractivity contribution in [1.82, 2.24) is 9.71 Å². The molecule has 0 aliphatic rings. The fourth-order valence-electron chi connectivity index (χ4n) is 2.23. The van der Waals surface area contributed by atoms with E-state index in [1.54, 1.807) is 12.3 Å². The molecule has 1 aromatic heterocycles. The van der Waals surface area contributed by atoms with Crippen LogP contribution in [-0.4, -0.2) is 14.3 Å². The zero-order valence-electron chi connectivity index (χ0n) is 14.5. The molecule has 2 atom stereocenters. The molecule has 0 saturated heterocycles. The summed E-state index contributed by atoms with van der Waals surface area (Å²) < 4.78 is 53.4. The number of hydrogen-bond donors (Lipinski definition) is 1. The SMILES string of the molecule is Cc1cccnc1C(N[S@@+]([O-])C(C)(C)C)c1ccc(C(F)(F)F)cc1. The predicted octanol–water partition coefficient (Wildman–Crippen LogP) is 4.55. The lowest BCUT2D eigenvalue weighted by atomic mass is 9.99. The van der Waals surface area contributed by atoms with Crippen molar-refractivity contribution in [1.29, 1.82) is 0 Å². The van der Waals surface area contributed by atoms with Crippen LogP contribution < -0.4 is 4.72 Å². The standard InChI is InChI=1S/C18H21F3N2OS/c1-12-6-5-11-22-15(12)16(23-25(24)17(2,3)4)13-7-9-14(10-8-13)18(19,20)21/h5-11,16,23H,1-4H3/t16?,25-/m0/s1. The minimum absolute atomic E-state index is 0.521. The van der Waals surface area contributed by atoms with Gasteiger partial charge in [-0.05, 0) is 57.0 Å². The number of benzene rings is 1. The van der Waals surface area contributed by atoms with Gasteiger partial charge in [0.1, 0.15) is 10.8 Å². The molecule has 0 radical (unpaired) electrons. The van der Waals surface area contributed by atoms with E-state index in [4.69, 9.17) is 0 Å². The van der Waals surface area contributed by atoms with Crippen molar-refractivity contribution in [2.45, 2.75) is 44.7 Å². The van der Waals surface area contributed by atoms with Crippen LogP contribution in [0.15, 0.2) is 42.6 Å². The van der Waals surface area contributed by atoms with Gasteiger partial charge in [0.25, 0.3) is 0 Å². The Kier molecular flexibility index (Phi) is 5.81. The average molecular weight is 370 g/mol. The molecule has 0 bridgehead atoms. The molecule has 1 aromatic carbocycles. The Balaban J connectivity index is 2.43. The molecule has 0 spiro atoms. The highest BCUT2D eigenvalue weighted by Crippen LogP contribution is 2.32. The van der Waals surface area contributed by atoms with Gasteiger partial charge in [-0.3, -0.25) is 4.98 Å². The molecule has 0 amide bonds. The van der Waals surface area contributed by atoms with Gasteiger partial charge in [0.2, 0.25) is 0 Å². The molecule has 7 heteroatoms. The highest BCUT2D eigenvalue weighted by atomic mass is 32.2. The summed E-state index contributed by atoms with van der Waals surface area (Å²) in [6.45, 7) is 7.34. The molecule has 1 N–H and O–H groups in total. The van der Waals surface area contributed by atoms with Gasteiger partial charge in [0.05, 0.1) is 11.3 Å². The fourth-order valence-corrected chi connectivity index (χ4v) is 3.05. The first kappa shape index (κ1) is 19.8. The van der Waals surface area contributed by atoms with Gasteiger partial charge in [-0.1, -0.05) is 18.2 Å². The van der Waals surface area contributed by atoms with Gasteiger partial charge < -0.3 is 4.55 Å². The molecule has 0 aliphatic heterocycles. The van der Waals surface area contributed by atoms with E-state index in [0.29, 0.717) is 11.3 Å². The lowest BCUT2D eigenvalue weighted by Crippen LogP contribution is -2.42. The number of aryl methyl sites for hydroxylation is 1. The van der Waals surface area contributed by atoms with Crippen molar-refractivity contribution in [2.75, 3.05) is 0 Å². The normalized spacial score (nSPS) is 15.0. The molecule has 3 nitrogen and oxygen atoms in total. The maximum absolute atomic E-state index is 12.8. The first-order chi connectivity index (χ1) is 11.5. The summed E-state index contributed by atoms with van der Waals surface area (Å²) in [6, 6.07) is 7.93. The van der Waals surface area contributed by atoms with E-state index < -0.39 is 33.9 Å². The number of pyridine rings is 1. The summed E-state index contributed by atoms with van der Waals surface area (Å²) in [5.74, 6) is 0. The van der Waals surface area contributed by atoms with E-state index in [0.717, 1.165) is 17.7 Å². The molecule has 2 rings (SSSR count). The largest absolute Gasteiger partial charge is 0.598 e.